The zero-order chi connectivity index (χ0) is 11.7. The molecule has 2 heterocycles. The largest absolute Gasteiger partial charge is 0.375 e. The fourth-order valence-corrected chi connectivity index (χ4v) is 2.93. The van der Waals surface area contributed by atoms with E-state index in [2.05, 4.69) is 34.1 Å². The maximum absolute atomic E-state index is 5.67. The molecule has 1 aromatic carbocycles. The van der Waals surface area contributed by atoms with Crippen molar-refractivity contribution in [3.05, 3.63) is 30.5 Å². The van der Waals surface area contributed by atoms with Crippen molar-refractivity contribution in [3.8, 4) is 10.4 Å². The molecular formula is C13H15N3S. The second-order valence-electron chi connectivity index (χ2n) is 4.31. The van der Waals surface area contributed by atoms with Crippen LogP contribution in [0.4, 0.5) is 10.8 Å². The molecule has 0 spiro atoms. The highest BCUT2D eigenvalue weighted by Crippen LogP contribution is 2.30. The molecule has 3 nitrogen and oxygen atoms in total. The molecule has 0 bridgehead atoms. The summed E-state index contributed by atoms with van der Waals surface area (Å²) in [5, 5.41) is 0.631. The number of rotatable bonds is 2. The standard InChI is InChI=1S/C13H15N3S/c14-13-15-9-12(17-13)10-4-3-5-11(8-10)16-6-1-2-7-16/h3-5,8-9H,1-2,6-7H2,(H2,14,15). The van der Waals surface area contributed by atoms with Crippen LogP contribution < -0.4 is 10.6 Å². The Morgan fingerprint density at radius 1 is 1.24 bits per heavy atom. The molecule has 0 radical (unpaired) electrons. The van der Waals surface area contributed by atoms with Gasteiger partial charge >= 0.3 is 0 Å². The third-order valence-corrected chi connectivity index (χ3v) is 4.00. The van der Waals surface area contributed by atoms with Gasteiger partial charge < -0.3 is 10.6 Å². The number of nitrogens with zero attached hydrogens (tertiary/aromatic N) is 2. The van der Waals surface area contributed by atoms with Crippen LogP contribution in [0.2, 0.25) is 0 Å². The second-order valence-corrected chi connectivity index (χ2v) is 5.37. The number of aromatic nitrogens is 1. The lowest BCUT2D eigenvalue weighted by atomic mass is 10.1. The van der Waals surface area contributed by atoms with E-state index in [0.717, 1.165) is 4.88 Å². The minimum absolute atomic E-state index is 0.631. The summed E-state index contributed by atoms with van der Waals surface area (Å²) in [5.74, 6) is 0. The predicted octanol–water partition coefficient (Wildman–Crippen LogP) is 2.99. The SMILES string of the molecule is Nc1ncc(-c2cccc(N3CCCC3)c2)s1. The van der Waals surface area contributed by atoms with Crippen LogP contribution in [0, 0.1) is 0 Å². The highest BCUT2D eigenvalue weighted by atomic mass is 32.1. The summed E-state index contributed by atoms with van der Waals surface area (Å²) in [6, 6.07) is 8.64. The van der Waals surface area contributed by atoms with Crippen molar-refractivity contribution in [1.82, 2.24) is 4.98 Å². The highest BCUT2D eigenvalue weighted by Gasteiger charge is 2.13. The van der Waals surface area contributed by atoms with Gasteiger partial charge in [0.25, 0.3) is 0 Å². The van der Waals surface area contributed by atoms with E-state index in [1.165, 1.54) is 37.2 Å². The smallest absolute Gasteiger partial charge is 0.180 e. The average molecular weight is 245 g/mol. The van der Waals surface area contributed by atoms with E-state index >= 15 is 0 Å². The summed E-state index contributed by atoms with van der Waals surface area (Å²) >= 11 is 1.54. The lowest BCUT2D eigenvalue weighted by Crippen LogP contribution is -2.17. The van der Waals surface area contributed by atoms with Gasteiger partial charge in [-0.15, -0.1) is 0 Å². The summed E-state index contributed by atoms with van der Waals surface area (Å²) in [6.07, 6.45) is 4.46. The lowest BCUT2D eigenvalue weighted by Gasteiger charge is -2.17. The van der Waals surface area contributed by atoms with Crippen molar-refractivity contribution in [2.24, 2.45) is 0 Å². The Morgan fingerprint density at radius 2 is 2.06 bits per heavy atom. The first-order chi connectivity index (χ1) is 8.33. The molecule has 3 rings (SSSR count). The quantitative estimate of drug-likeness (QED) is 0.884. The lowest BCUT2D eigenvalue weighted by molar-refractivity contribution is 0.949. The van der Waals surface area contributed by atoms with Gasteiger partial charge in [0, 0.05) is 25.0 Å². The molecule has 88 valence electrons. The van der Waals surface area contributed by atoms with Gasteiger partial charge in [-0.1, -0.05) is 23.5 Å². The molecule has 2 N–H and O–H groups in total. The van der Waals surface area contributed by atoms with Crippen molar-refractivity contribution >= 4 is 22.2 Å². The summed E-state index contributed by atoms with van der Waals surface area (Å²) < 4.78 is 0. The van der Waals surface area contributed by atoms with Gasteiger partial charge in [-0.2, -0.15) is 0 Å². The molecule has 1 aliphatic heterocycles. The molecular weight excluding hydrogens is 230 g/mol. The Bertz CT molecular complexity index is 515. The number of hydrogen-bond donors (Lipinski definition) is 1. The van der Waals surface area contributed by atoms with E-state index in [-0.39, 0.29) is 0 Å². The molecule has 1 aliphatic rings. The first kappa shape index (κ1) is 10.6. The fourth-order valence-electron chi connectivity index (χ4n) is 2.25. The average Bonchev–Trinajstić information content (AvgIpc) is 3.00. The van der Waals surface area contributed by atoms with Crippen LogP contribution in [0.5, 0.6) is 0 Å². The van der Waals surface area contributed by atoms with E-state index < -0.39 is 0 Å². The fraction of sp³-hybridized carbons (Fsp3) is 0.308. The van der Waals surface area contributed by atoms with Gasteiger partial charge in [0.05, 0.1) is 4.88 Å². The van der Waals surface area contributed by atoms with Crippen molar-refractivity contribution in [3.63, 3.8) is 0 Å². The van der Waals surface area contributed by atoms with Gasteiger partial charge in [-0.3, -0.25) is 0 Å². The van der Waals surface area contributed by atoms with Crippen LogP contribution in [0.15, 0.2) is 30.5 Å². The third kappa shape index (κ3) is 2.13. The number of nitrogens with two attached hydrogens (primary N) is 1. The molecule has 2 aromatic rings. The normalized spacial score (nSPS) is 15.4. The Balaban J connectivity index is 1.93. The number of benzene rings is 1. The van der Waals surface area contributed by atoms with Crippen LogP contribution in [-0.4, -0.2) is 18.1 Å². The van der Waals surface area contributed by atoms with Gasteiger partial charge in [0.15, 0.2) is 5.13 Å². The number of thiazole rings is 1. The van der Waals surface area contributed by atoms with E-state index in [4.69, 9.17) is 5.73 Å². The molecule has 4 heteroatoms. The molecule has 0 saturated carbocycles. The monoisotopic (exact) mass is 245 g/mol. The van der Waals surface area contributed by atoms with E-state index in [0.29, 0.717) is 5.13 Å². The number of hydrogen-bond acceptors (Lipinski definition) is 4. The Labute approximate surface area is 105 Å². The van der Waals surface area contributed by atoms with Crippen molar-refractivity contribution < 1.29 is 0 Å². The molecule has 0 amide bonds. The van der Waals surface area contributed by atoms with Crippen molar-refractivity contribution in [1.29, 1.82) is 0 Å². The van der Waals surface area contributed by atoms with Crippen LogP contribution in [0.25, 0.3) is 10.4 Å². The van der Waals surface area contributed by atoms with Gasteiger partial charge in [-0.25, -0.2) is 4.98 Å². The molecule has 1 saturated heterocycles. The van der Waals surface area contributed by atoms with Crippen LogP contribution in [0.1, 0.15) is 12.8 Å². The topological polar surface area (TPSA) is 42.1 Å². The van der Waals surface area contributed by atoms with Crippen LogP contribution in [0.3, 0.4) is 0 Å². The predicted molar refractivity (Wildman–Crippen MR) is 73.4 cm³/mol. The van der Waals surface area contributed by atoms with Crippen LogP contribution >= 0.6 is 11.3 Å². The molecule has 0 atom stereocenters. The number of nitrogen functional groups attached to an aromatic ring is 1. The maximum atomic E-state index is 5.67. The summed E-state index contributed by atoms with van der Waals surface area (Å²) in [5.41, 5.74) is 8.20. The van der Waals surface area contributed by atoms with Gasteiger partial charge in [0.1, 0.15) is 0 Å². The first-order valence-electron chi connectivity index (χ1n) is 5.89. The third-order valence-electron chi connectivity index (χ3n) is 3.13. The molecule has 1 aromatic heterocycles. The molecule has 0 unspecified atom stereocenters. The second kappa shape index (κ2) is 4.37. The summed E-state index contributed by atoms with van der Waals surface area (Å²) in [6.45, 7) is 2.35. The zero-order valence-electron chi connectivity index (χ0n) is 9.60. The van der Waals surface area contributed by atoms with Crippen molar-refractivity contribution in [2.75, 3.05) is 23.7 Å². The van der Waals surface area contributed by atoms with Crippen LogP contribution in [-0.2, 0) is 0 Å². The van der Waals surface area contributed by atoms with Crippen molar-refractivity contribution in [2.45, 2.75) is 12.8 Å². The van der Waals surface area contributed by atoms with Gasteiger partial charge in [-0.05, 0) is 30.5 Å². The minimum atomic E-state index is 0.631. The minimum Gasteiger partial charge on any atom is -0.375 e. The summed E-state index contributed by atoms with van der Waals surface area (Å²) in [4.78, 5) is 7.68. The van der Waals surface area contributed by atoms with E-state index in [9.17, 15) is 0 Å². The molecule has 17 heavy (non-hydrogen) atoms. The van der Waals surface area contributed by atoms with E-state index in [1.807, 2.05) is 6.20 Å². The Morgan fingerprint density at radius 3 is 2.76 bits per heavy atom. The molecule has 0 aliphatic carbocycles. The zero-order valence-corrected chi connectivity index (χ0v) is 10.4. The number of anilines is 2. The summed E-state index contributed by atoms with van der Waals surface area (Å²) in [7, 11) is 0. The molecule has 1 fully saturated rings. The highest BCUT2D eigenvalue weighted by molar-refractivity contribution is 7.18. The van der Waals surface area contributed by atoms with E-state index in [1.54, 1.807) is 11.3 Å². The first-order valence-corrected chi connectivity index (χ1v) is 6.71. The maximum Gasteiger partial charge on any atom is 0.180 e. The van der Waals surface area contributed by atoms with Gasteiger partial charge in [0.2, 0.25) is 0 Å². The Kier molecular flexibility index (Phi) is 2.73. The Hall–Kier alpha value is -1.55.